The number of rotatable bonds is 5. The normalized spacial score (nSPS) is 14.1. The summed E-state index contributed by atoms with van der Waals surface area (Å²) in [4.78, 5) is 0. The second kappa shape index (κ2) is 6.53. The van der Waals surface area contributed by atoms with Crippen molar-refractivity contribution in [3.05, 3.63) is 71.3 Å². The van der Waals surface area contributed by atoms with E-state index >= 15 is 0 Å². The van der Waals surface area contributed by atoms with Gasteiger partial charge in [-0.2, -0.15) is 0 Å². The summed E-state index contributed by atoms with van der Waals surface area (Å²) in [7, 11) is 0. The van der Waals surface area contributed by atoms with Crippen LogP contribution in [0.3, 0.4) is 0 Å². The number of hydrogen-bond donors (Lipinski definition) is 1. The first kappa shape index (κ1) is 13.8. The molecule has 2 atom stereocenters. The van der Waals surface area contributed by atoms with Crippen molar-refractivity contribution < 1.29 is 5.11 Å². The highest BCUT2D eigenvalue weighted by Gasteiger charge is 2.23. The van der Waals surface area contributed by atoms with Crippen LogP contribution in [0.4, 0.5) is 0 Å². The first-order valence-corrected chi connectivity index (χ1v) is 7.02. The Balaban J connectivity index is 2.43. The lowest BCUT2D eigenvalue weighted by Gasteiger charge is -2.25. The van der Waals surface area contributed by atoms with E-state index in [4.69, 9.17) is 0 Å². The van der Waals surface area contributed by atoms with E-state index in [1.54, 1.807) is 0 Å². The summed E-state index contributed by atoms with van der Waals surface area (Å²) in [5.41, 5.74) is 3.67. The second-order valence-electron chi connectivity index (χ2n) is 5.10. The average Bonchev–Trinajstić information content (AvgIpc) is 2.43. The maximum Gasteiger partial charge on any atom is 0.0649 e. The van der Waals surface area contributed by atoms with Crippen LogP contribution < -0.4 is 0 Å². The van der Waals surface area contributed by atoms with Crippen molar-refractivity contribution in [2.45, 2.75) is 38.7 Å². The summed E-state index contributed by atoms with van der Waals surface area (Å²) in [5.74, 6) is 0.0716. The van der Waals surface area contributed by atoms with Crippen molar-refractivity contribution in [3.8, 4) is 0 Å². The molecule has 0 bridgehead atoms. The van der Waals surface area contributed by atoms with Crippen LogP contribution in [0.15, 0.2) is 54.6 Å². The van der Waals surface area contributed by atoms with Gasteiger partial charge in [-0.3, -0.25) is 0 Å². The van der Waals surface area contributed by atoms with Crippen molar-refractivity contribution in [2.24, 2.45) is 0 Å². The van der Waals surface area contributed by atoms with Crippen molar-refractivity contribution in [2.75, 3.05) is 0 Å². The van der Waals surface area contributed by atoms with Crippen LogP contribution in [-0.2, 0) is 0 Å². The molecular formula is C18H22O. The van der Waals surface area contributed by atoms with Crippen LogP contribution in [0.2, 0.25) is 0 Å². The zero-order chi connectivity index (χ0) is 13.7. The van der Waals surface area contributed by atoms with Crippen LogP contribution in [0.1, 0.15) is 42.4 Å². The minimum absolute atomic E-state index is 0.0716. The summed E-state index contributed by atoms with van der Waals surface area (Å²) in [5, 5.41) is 10.5. The van der Waals surface area contributed by atoms with Gasteiger partial charge in [0, 0.05) is 5.92 Å². The summed E-state index contributed by atoms with van der Waals surface area (Å²) < 4.78 is 0. The highest BCUT2D eigenvalue weighted by Crippen LogP contribution is 2.31. The molecule has 0 aliphatic carbocycles. The predicted molar refractivity (Wildman–Crippen MR) is 80.4 cm³/mol. The molecule has 0 heterocycles. The topological polar surface area (TPSA) is 20.2 Å². The van der Waals surface area contributed by atoms with Crippen LogP contribution in [0.25, 0.3) is 0 Å². The molecular weight excluding hydrogens is 232 g/mol. The molecule has 0 fully saturated rings. The van der Waals surface area contributed by atoms with Gasteiger partial charge in [0.2, 0.25) is 0 Å². The molecule has 0 aliphatic heterocycles. The molecule has 0 radical (unpaired) electrons. The van der Waals surface area contributed by atoms with Crippen molar-refractivity contribution in [3.63, 3.8) is 0 Å². The SMILES string of the molecule is CCCC(O)C(c1ccccc1)c1ccccc1C. The van der Waals surface area contributed by atoms with E-state index in [2.05, 4.69) is 44.2 Å². The first-order valence-electron chi connectivity index (χ1n) is 7.02. The van der Waals surface area contributed by atoms with E-state index in [1.807, 2.05) is 24.3 Å². The maximum absolute atomic E-state index is 10.5. The van der Waals surface area contributed by atoms with Gasteiger partial charge in [-0.1, -0.05) is 67.9 Å². The molecule has 1 nitrogen and oxygen atoms in total. The Bertz CT molecular complexity index is 504. The van der Waals surface area contributed by atoms with Gasteiger partial charge in [-0.25, -0.2) is 0 Å². The van der Waals surface area contributed by atoms with Gasteiger partial charge in [-0.15, -0.1) is 0 Å². The van der Waals surface area contributed by atoms with Gasteiger partial charge >= 0.3 is 0 Å². The fourth-order valence-electron chi connectivity index (χ4n) is 2.67. The predicted octanol–water partition coefficient (Wildman–Crippen LogP) is 4.29. The van der Waals surface area contributed by atoms with Crippen LogP contribution in [0, 0.1) is 6.92 Å². The number of aliphatic hydroxyl groups excluding tert-OH is 1. The zero-order valence-corrected chi connectivity index (χ0v) is 11.7. The highest BCUT2D eigenvalue weighted by atomic mass is 16.3. The highest BCUT2D eigenvalue weighted by molar-refractivity contribution is 5.38. The molecule has 0 saturated carbocycles. The maximum atomic E-state index is 10.5. The molecule has 0 amide bonds. The van der Waals surface area contributed by atoms with Crippen LogP contribution >= 0.6 is 0 Å². The van der Waals surface area contributed by atoms with E-state index < -0.39 is 0 Å². The third-order valence-corrected chi connectivity index (χ3v) is 3.65. The summed E-state index contributed by atoms with van der Waals surface area (Å²) in [6.07, 6.45) is 1.50. The van der Waals surface area contributed by atoms with Crippen molar-refractivity contribution in [1.82, 2.24) is 0 Å². The fraction of sp³-hybridized carbons (Fsp3) is 0.333. The Labute approximate surface area is 115 Å². The largest absolute Gasteiger partial charge is 0.392 e. The molecule has 0 saturated heterocycles. The molecule has 100 valence electrons. The van der Waals surface area contributed by atoms with Gasteiger partial charge in [-0.05, 0) is 30.0 Å². The Kier molecular flexibility index (Phi) is 4.75. The fourth-order valence-corrected chi connectivity index (χ4v) is 2.67. The Morgan fingerprint density at radius 3 is 2.21 bits per heavy atom. The monoisotopic (exact) mass is 254 g/mol. The molecule has 0 aliphatic rings. The molecule has 0 spiro atoms. The van der Waals surface area contributed by atoms with Crippen LogP contribution in [0.5, 0.6) is 0 Å². The van der Waals surface area contributed by atoms with Gasteiger partial charge in [0.25, 0.3) is 0 Å². The summed E-state index contributed by atoms with van der Waals surface area (Å²) in [6.45, 7) is 4.23. The van der Waals surface area contributed by atoms with Crippen molar-refractivity contribution >= 4 is 0 Å². The van der Waals surface area contributed by atoms with Crippen LogP contribution in [-0.4, -0.2) is 11.2 Å². The summed E-state index contributed by atoms with van der Waals surface area (Å²) >= 11 is 0. The van der Waals surface area contributed by atoms with E-state index in [-0.39, 0.29) is 12.0 Å². The summed E-state index contributed by atoms with van der Waals surface area (Å²) in [6, 6.07) is 18.7. The third-order valence-electron chi connectivity index (χ3n) is 3.65. The lowest BCUT2D eigenvalue weighted by Crippen LogP contribution is -2.20. The Morgan fingerprint density at radius 1 is 0.947 bits per heavy atom. The van der Waals surface area contributed by atoms with Gasteiger partial charge < -0.3 is 5.11 Å². The van der Waals surface area contributed by atoms with Crippen molar-refractivity contribution in [1.29, 1.82) is 0 Å². The van der Waals surface area contributed by atoms with Gasteiger partial charge in [0.15, 0.2) is 0 Å². The standard InChI is InChI=1S/C18H22O/c1-3-9-17(19)18(15-11-5-4-6-12-15)16-13-8-7-10-14(16)2/h4-8,10-13,17-19H,3,9H2,1-2H3. The quantitative estimate of drug-likeness (QED) is 0.844. The third kappa shape index (κ3) is 3.24. The number of hydrogen-bond acceptors (Lipinski definition) is 1. The molecule has 1 N–H and O–H groups in total. The Hall–Kier alpha value is -1.60. The van der Waals surface area contributed by atoms with Gasteiger partial charge in [0.1, 0.15) is 0 Å². The molecule has 2 rings (SSSR count). The molecule has 2 aromatic rings. The zero-order valence-electron chi connectivity index (χ0n) is 11.7. The van der Waals surface area contributed by atoms with E-state index in [9.17, 15) is 5.11 Å². The number of aryl methyl sites for hydroxylation is 1. The minimum atomic E-state index is -0.325. The van der Waals surface area contributed by atoms with E-state index in [1.165, 1.54) is 16.7 Å². The Morgan fingerprint density at radius 2 is 1.58 bits per heavy atom. The lowest BCUT2D eigenvalue weighted by atomic mass is 9.83. The second-order valence-corrected chi connectivity index (χ2v) is 5.10. The molecule has 1 heteroatoms. The molecule has 2 aromatic carbocycles. The smallest absolute Gasteiger partial charge is 0.0649 e. The van der Waals surface area contributed by atoms with E-state index in [0.29, 0.717) is 0 Å². The first-order chi connectivity index (χ1) is 9.24. The lowest BCUT2D eigenvalue weighted by molar-refractivity contribution is 0.145. The molecule has 0 aromatic heterocycles. The number of benzene rings is 2. The molecule has 19 heavy (non-hydrogen) atoms. The van der Waals surface area contributed by atoms with E-state index in [0.717, 1.165) is 12.8 Å². The average molecular weight is 254 g/mol. The molecule has 2 unspecified atom stereocenters. The minimum Gasteiger partial charge on any atom is -0.392 e. The number of aliphatic hydroxyl groups is 1. The van der Waals surface area contributed by atoms with Gasteiger partial charge in [0.05, 0.1) is 6.10 Å².